The molecule has 1 aromatic heterocycles. The number of benzene rings is 1. The number of hydrogen-bond acceptors (Lipinski definition) is 4. The molecule has 5 nitrogen and oxygen atoms in total. The SMILES string of the molecule is Cc1c(CNc2ccc(F)cn2)cccc1[N+](=O)[O-]. The van der Waals surface area contributed by atoms with E-state index in [1.807, 2.05) is 0 Å². The van der Waals surface area contributed by atoms with Crippen molar-refractivity contribution in [2.75, 3.05) is 5.32 Å². The molecule has 0 bridgehead atoms. The molecule has 0 radical (unpaired) electrons. The Morgan fingerprint density at radius 1 is 1.37 bits per heavy atom. The third-order valence-corrected chi connectivity index (χ3v) is 2.80. The van der Waals surface area contributed by atoms with E-state index in [1.54, 1.807) is 19.1 Å². The van der Waals surface area contributed by atoms with Crippen LogP contribution < -0.4 is 5.32 Å². The van der Waals surface area contributed by atoms with Crippen molar-refractivity contribution in [1.29, 1.82) is 0 Å². The van der Waals surface area contributed by atoms with Gasteiger partial charge in [0, 0.05) is 18.2 Å². The molecule has 19 heavy (non-hydrogen) atoms. The van der Waals surface area contributed by atoms with E-state index in [-0.39, 0.29) is 5.69 Å². The molecule has 6 heteroatoms. The molecule has 0 aliphatic heterocycles. The standard InChI is InChI=1S/C13H12FN3O2/c1-9-10(3-2-4-12(9)17(18)19)7-15-13-6-5-11(14)8-16-13/h2-6,8H,7H2,1H3,(H,15,16). The molecule has 0 saturated heterocycles. The van der Waals surface area contributed by atoms with E-state index in [9.17, 15) is 14.5 Å². The molecule has 0 saturated carbocycles. The van der Waals surface area contributed by atoms with Gasteiger partial charge in [0.15, 0.2) is 0 Å². The number of nitrogens with zero attached hydrogens (tertiary/aromatic N) is 2. The highest BCUT2D eigenvalue weighted by Gasteiger charge is 2.12. The number of pyridine rings is 1. The first-order valence-corrected chi connectivity index (χ1v) is 5.66. The Hall–Kier alpha value is -2.50. The van der Waals surface area contributed by atoms with Crippen LogP contribution >= 0.6 is 0 Å². The van der Waals surface area contributed by atoms with Crippen molar-refractivity contribution in [1.82, 2.24) is 4.98 Å². The molecule has 0 aliphatic rings. The molecular formula is C13H12FN3O2. The van der Waals surface area contributed by atoms with E-state index in [2.05, 4.69) is 10.3 Å². The predicted octanol–water partition coefficient (Wildman–Crippen LogP) is 3.05. The first kappa shape index (κ1) is 12.9. The van der Waals surface area contributed by atoms with Crippen molar-refractivity contribution in [3.8, 4) is 0 Å². The van der Waals surface area contributed by atoms with Gasteiger partial charge in [-0.05, 0) is 24.6 Å². The van der Waals surface area contributed by atoms with Crippen molar-refractivity contribution >= 4 is 11.5 Å². The predicted molar refractivity (Wildman–Crippen MR) is 69.4 cm³/mol. The van der Waals surface area contributed by atoms with Crippen molar-refractivity contribution < 1.29 is 9.31 Å². The number of nitro benzene ring substituents is 1. The largest absolute Gasteiger partial charge is 0.366 e. The summed E-state index contributed by atoms with van der Waals surface area (Å²) in [5.41, 5.74) is 1.51. The van der Waals surface area contributed by atoms with Gasteiger partial charge in [-0.3, -0.25) is 10.1 Å². The second kappa shape index (κ2) is 5.43. The Bertz CT molecular complexity index is 599. The normalized spacial score (nSPS) is 10.2. The van der Waals surface area contributed by atoms with Crippen molar-refractivity contribution in [3.63, 3.8) is 0 Å². The van der Waals surface area contributed by atoms with Crippen LogP contribution in [0.25, 0.3) is 0 Å². The molecule has 2 rings (SSSR count). The lowest BCUT2D eigenvalue weighted by Crippen LogP contribution is -2.04. The minimum atomic E-state index is -0.408. The second-order valence-corrected chi connectivity index (χ2v) is 4.03. The molecule has 0 aliphatic carbocycles. The van der Waals surface area contributed by atoms with Crippen molar-refractivity contribution in [2.45, 2.75) is 13.5 Å². The summed E-state index contributed by atoms with van der Waals surface area (Å²) >= 11 is 0. The summed E-state index contributed by atoms with van der Waals surface area (Å²) in [4.78, 5) is 14.3. The summed E-state index contributed by atoms with van der Waals surface area (Å²) in [6, 6.07) is 7.73. The molecule has 1 N–H and O–H groups in total. The van der Waals surface area contributed by atoms with E-state index < -0.39 is 10.7 Å². The summed E-state index contributed by atoms with van der Waals surface area (Å²) in [5, 5.41) is 13.8. The molecule has 98 valence electrons. The Labute approximate surface area is 109 Å². The van der Waals surface area contributed by atoms with Gasteiger partial charge in [-0.2, -0.15) is 0 Å². The summed E-state index contributed by atoms with van der Waals surface area (Å²) in [6.07, 6.45) is 1.11. The zero-order chi connectivity index (χ0) is 13.8. The van der Waals surface area contributed by atoms with E-state index >= 15 is 0 Å². The molecular weight excluding hydrogens is 249 g/mol. The Morgan fingerprint density at radius 2 is 2.16 bits per heavy atom. The smallest absolute Gasteiger partial charge is 0.272 e. The van der Waals surface area contributed by atoms with Gasteiger partial charge < -0.3 is 5.32 Å². The second-order valence-electron chi connectivity index (χ2n) is 4.03. The average molecular weight is 261 g/mol. The number of halogens is 1. The first-order valence-electron chi connectivity index (χ1n) is 5.66. The number of rotatable bonds is 4. The number of anilines is 1. The summed E-state index contributed by atoms with van der Waals surface area (Å²) in [7, 11) is 0. The lowest BCUT2D eigenvalue weighted by atomic mass is 10.1. The minimum absolute atomic E-state index is 0.0892. The van der Waals surface area contributed by atoms with Crippen LogP contribution in [0.4, 0.5) is 15.9 Å². The zero-order valence-electron chi connectivity index (χ0n) is 10.3. The maximum atomic E-state index is 12.7. The Kier molecular flexibility index (Phi) is 3.70. The highest BCUT2D eigenvalue weighted by Crippen LogP contribution is 2.21. The Morgan fingerprint density at radius 3 is 2.79 bits per heavy atom. The van der Waals surface area contributed by atoms with Gasteiger partial charge in [0.05, 0.1) is 11.1 Å². The van der Waals surface area contributed by atoms with Crippen LogP contribution in [0, 0.1) is 22.9 Å². The Balaban J connectivity index is 2.13. The van der Waals surface area contributed by atoms with Gasteiger partial charge in [0.25, 0.3) is 5.69 Å². The minimum Gasteiger partial charge on any atom is -0.366 e. The maximum Gasteiger partial charge on any atom is 0.272 e. The highest BCUT2D eigenvalue weighted by molar-refractivity contribution is 5.46. The van der Waals surface area contributed by atoms with Crippen LogP contribution in [0.15, 0.2) is 36.5 Å². The van der Waals surface area contributed by atoms with Gasteiger partial charge in [-0.25, -0.2) is 9.37 Å². The molecule has 1 heterocycles. The topological polar surface area (TPSA) is 68.1 Å². The number of nitro groups is 1. The molecule has 0 spiro atoms. The molecule has 0 amide bonds. The van der Waals surface area contributed by atoms with Gasteiger partial charge in [-0.15, -0.1) is 0 Å². The molecule has 1 aromatic carbocycles. The zero-order valence-corrected chi connectivity index (χ0v) is 10.3. The third kappa shape index (κ3) is 3.04. The van der Waals surface area contributed by atoms with E-state index in [0.29, 0.717) is 17.9 Å². The first-order chi connectivity index (χ1) is 9.08. The van der Waals surface area contributed by atoms with Gasteiger partial charge >= 0.3 is 0 Å². The van der Waals surface area contributed by atoms with E-state index in [1.165, 1.54) is 18.2 Å². The van der Waals surface area contributed by atoms with Crippen molar-refractivity contribution in [2.24, 2.45) is 0 Å². The van der Waals surface area contributed by atoms with Gasteiger partial charge in [-0.1, -0.05) is 12.1 Å². The number of nitrogens with one attached hydrogen (secondary N) is 1. The lowest BCUT2D eigenvalue weighted by molar-refractivity contribution is -0.385. The van der Waals surface area contributed by atoms with E-state index in [0.717, 1.165) is 11.8 Å². The number of aromatic nitrogens is 1. The maximum absolute atomic E-state index is 12.7. The molecule has 0 unspecified atom stereocenters. The van der Waals surface area contributed by atoms with Crippen LogP contribution in [0.5, 0.6) is 0 Å². The fourth-order valence-corrected chi connectivity index (χ4v) is 1.73. The van der Waals surface area contributed by atoms with Crippen LogP contribution in [0.3, 0.4) is 0 Å². The molecule has 0 atom stereocenters. The molecule has 0 fully saturated rings. The van der Waals surface area contributed by atoms with Crippen LogP contribution in [0.1, 0.15) is 11.1 Å². The van der Waals surface area contributed by atoms with Crippen LogP contribution in [0.2, 0.25) is 0 Å². The third-order valence-electron chi connectivity index (χ3n) is 2.80. The van der Waals surface area contributed by atoms with Crippen molar-refractivity contribution in [3.05, 3.63) is 63.6 Å². The van der Waals surface area contributed by atoms with Gasteiger partial charge in [0.2, 0.25) is 0 Å². The lowest BCUT2D eigenvalue weighted by Gasteiger charge is -2.08. The fraction of sp³-hybridized carbons (Fsp3) is 0.154. The average Bonchev–Trinajstić information content (AvgIpc) is 2.39. The van der Waals surface area contributed by atoms with Gasteiger partial charge in [0.1, 0.15) is 11.6 Å². The van der Waals surface area contributed by atoms with Crippen LogP contribution in [-0.2, 0) is 6.54 Å². The fourth-order valence-electron chi connectivity index (χ4n) is 1.73. The number of hydrogen-bond donors (Lipinski definition) is 1. The quantitative estimate of drug-likeness (QED) is 0.678. The summed E-state index contributed by atoms with van der Waals surface area (Å²) < 4.78 is 12.7. The summed E-state index contributed by atoms with van der Waals surface area (Å²) in [6.45, 7) is 2.10. The molecule has 2 aromatic rings. The highest BCUT2D eigenvalue weighted by atomic mass is 19.1. The van der Waals surface area contributed by atoms with Crippen LogP contribution in [-0.4, -0.2) is 9.91 Å². The summed E-state index contributed by atoms with van der Waals surface area (Å²) in [5.74, 6) is 0.115. The monoisotopic (exact) mass is 261 g/mol. The van der Waals surface area contributed by atoms with E-state index in [4.69, 9.17) is 0 Å².